The number of carbonyl (C=O) groups excluding carboxylic acids is 1. The molecule has 1 aliphatic carbocycles. The Morgan fingerprint density at radius 3 is 2.77 bits per heavy atom. The number of rotatable bonds is 5. The molecular weight excluding hydrogens is 278 g/mol. The summed E-state index contributed by atoms with van der Waals surface area (Å²) in [5.41, 5.74) is 11.6. The predicted octanol–water partition coefficient (Wildman–Crippen LogP) is 2.01. The minimum absolute atomic E-state index is 0.119. The van der Waals surface area contributed by atoms with E-state index in [4.69, 9.17) is 15.6 Å². The number of benzene rings is 2. The highest BCUT2D eigenvalue weighted by atomic mass is 16.5. The van der Waals surface area contributed by atoms with Crippen molar-refractivity contribution in [2.75, 3.05) is 6.61 Å². The highest BCUT2D eigenvalue weighted by Crippen LogP contribution is 2.38. The third kappa shape index (κ3) is 2.75. The van der Waals surface area contributed by atoms with Gasteiger partial charge in [0.25, 0.3) is 0 Å². The lowest BCUT2D eigenvalue weighted by molar-refractivity contribution is -0.146. The Balaban J connectivity index is 1.76. The summed E-state index contributed by atoms with van der Waals surface area (Å²) in [7, 11) is 0. The maximum Gasteiger partial charge on any atom is 0.323 e. The summed E-state index contributed by atoms with van der Waals surface area (Å²) < 4.78 is 5.29. The molecule has 0 radical (unpaired) electrons. The molecule has 0 bridgehead atoms. The van der Waals surface area contributed by atoms with Crippen LogP contribution in [0.15, 0.2) is 42.5 Å². The zero-order chi connectivity index (χ0) is 15.5. The molecule has 3 rings (SSSR count). The predicted molar refractivity (Wildman–Crippen MR) is 84.2 cm³/mol. The first-order chi connectivity index (χ1) is 10.7. The van der Waals surface area contributed by atoms with E-state index < -0.39 is 12.0 Å². The molecule has 0 saturated carbocycles. The molecule has 4 heteroatoms. The fourth-order valence-electron chi connectivity index (χ4n) is 2.87. The van der Waals surface area contributed by atoms with Crippen molar-refractivity contribution in [3.05, 3.63) is 59.2 Å². The van der Waals surface area contributed by atoms with E-state index in [2.05, 4.69) is 18.2 Å². The molecular formula is C18H19NO3. The summed E-state index contributed by atoms with van der Waals surface area (Å²) in [6.07, 6.45) is 1.08. The van der Waals surface area contributed by atoms with Gasteiger partial charge < -0.3 is 15.6 Å². The van der Waals surface area contributed by atoms with Gasteiger partial charge >= 0.3 is 5.97 Å². The number of carbonyl (C=O) groups is 1. The Morgan fingerprint density at radius 2 is 1.95 bits per heavy atom. The Bertz CT molecular complexity index is 696. The topological polar surface area (TPSA) is 72.5 Å². The van der Waals surface area contributed by atoms with Crippen molar-refractivity contribution in [3.8, 4) is 11.1 Å². The third-order valence-electron chi connectivity index (χ3n) is 4.06. The van der Waals surface area contributed by atoms with Crippen LogP contribution in [0, 0.1) is 0 Å². The lowest BCUT2D eigenvalue weighted by Gasteiger charge is -2.12. The molecule has 0 saturated heterocycles. The molecule has 0 amide bonds. The second-order valence-electron chi connectivity index (χ2n) is 5.50. The number of hydrogen-bond donors (Lipinski definition) is 2. The summed E-state index contributed by atoms with van der Waals surface area (Å²) in [5.74, 6) is -0.470. The van der Waals surface area contributed by atoms with Gasteiger partial charge in [-0.15, -0.1) is 0 Å². The quantitative estimate of drug-likeness (QED) is 0.707. The van der Waals surface area contributed by atoms with Gasteiger partial charge in [-0.05, 0) is 40.7 Å². The summed E-state index contributed by atoms with van der Waals surface area (Å²) in [4.78, 5) is 11.8. The zero-order valence-corrected chi connectivity index (χ0v) is 12.3. The summed E-state index contributed by atoms with van der Waals surface area (Å²) in [6, 6.07) is 13.6. The second kappa shape index (κ2) is 6.30. The number of esters is 1. The summed E-state index contributed by atoms with van der Waals surface area (Å²) >= 11 is 0. The van der Waals surface area contributed by atoms with Gasteiger partial charge in [0.2, 0.25) is 0 Å². The molecule has 22 heavy (non-hydrogen) atoms. The van der Waals surface area contributed by atoms with Crippen LogP contribution >= 0.6 is 0 Å². The average Bonchev–Trinajstić information content (AvgIpc) is 2.92. The molecule has 1 atom stereocenters. The SMILES string of the molecule is NC(CCO)C(=O)OCc1cccc2c1Cc1ccccc1-2. The van der Waals surface area contributed by atoms with E-state index >= 15 is 0 Å². The molecule has 114 valence electrons. The van der Waals surface area contributed by atoms with Crippen LogP contribution in [-0.4, -0.2) is 23.7 Å². The van der Waals surface area contributed by atoms with Crippen LogP contribution in [0.3, 0.4) is 0 Å². The first kappa shape index (κ1) is 14.8. The molecule has 0 spiro atoms. The Hall–Kier alpha value is -2.17. The minimum Gasteiger partial charge on any atom is -0.460 e. The molecule has 0 aromatic heterocycles. The van der Waals surface area contributed by atoms with Crippen LogP contribution in [0.5, 0.6) is 0 Å². The fraction of sp³-hybridized carbons (Fsp3) is 0.278. The number of ether oxygens (including phenoxy) is 1. The van der Waals surface area contributed by atoms with Gasteiger partial charge in [0.15, 0.2) is 0 Å². The van der Waals surface area contributed by atoms with Gasteiger partial charge in [0.05, 0.1) is 0 Å². The van der Waals surface area contributed by atoms with Crippen LogP contribution in [0.25, 0.3) is 11.1 Å². The van der Waals surface area contributed by atoms with E-state index in [1.54, 1.807) is 0 Å². The van der Waals surface area contributed by atoms with Gasteiger partial charge in [-0.25, -0.2) is 0 Å². The van der Waals surface area contributed by atoms with E-state index in [1.165, 1.54) is 22.3 Å². The number of nitrogens with two attached hydrogens (primary N) is 1. The van der Waals surface area contributed by atoms with E-state index in [-0.39, 0.29) is 19.6 Å². The third-order valence-corrected chi connectivity index (χ3v) is 4.06. The maximum absolute atomic E-state index is 11.8. The lowest BCUT2D eigenvalue weighted by atomic mass is 10.0. The highest BCUT2D eigenvalue weighted by Gasteiger charge is 2.21. The van der Waals surface area contributed by atoms with Gasteiger partial charge in [-0.1, -0.05) is 42.5 Å². The number of fused-ring (bicyclic) bond motifs is 3. The van der Waals surface area contributed by atoms with Gasteiger partial charge in [-0.3, -0.25) is 4.79 Å². The second-order valence-corrected chi connectivity index (χ2v) is 5.50. The Morgan fingerprint density at radius 1 is 1.18 bits per heavy atom. The van der Waals surface area contributed by atoms with Gasteiger partial charge in [0, 0.05) is 6.61 Å². The normalized spacial score (nSPS) is 13.4. The number of aliphatic hydroxyl groups excluding tert-OH is 1. The van der Waals surface area contributed by atoms with Crippen molar-refractivity contribution in [1.82, 2.24) is 0 Å². The van der Waals surface area contributed by atoms with Crippen molar-refractivity contribution in [1.29, 1.82) is 0 Å². The minimum atomic E-state index is -0.765. The van der Waals surface area contributed by atoms with E-state index in [0.717, 1.165) is 12.0 Å². The summed E-state index contributed by atoms with van der Waals surface area (Å²) in [6.45, 7) is 0.0986. The molecule has 3 N–H and O–H groups in total. The molecule has 0 fully saturated rings. The zero-order valence-electron chi connectivity index (χ0n) is 12.3. The van der Waals surface area contributed by atoms with Crippen molar-refractivity contribution in [2.45, 2.75) is 25.5 Å². The molecule has 2 aromatic carbocycles. The van der Waals surface area contributed by atoms with E-state index in [1.807, 2.05) is 24.3 Å². The van der Waals surface area contributed by atoms with Crippen LogP contribution in [0.4, 0.5) is 0 Å². The smallest absolute Gasteiger partial charge is 0.323 e. The first-order valence-corrected chi connectivity index (χ1v) is 7.43. The molecule has 0 heterocycles. The van der Waals surface area contributed by atoms with Crippen LogP contribution in [0.2, 0.25) is 0 Å². The number of aliphatic hydroxyl groups is 1. The van der Waals surface area contributed by atoms with Crippen molar-refractivity contribution in [3.63, 3.8) is 0 Å². The lowest BCUT2D eigenvalue weighted by Crippen LogP contribution is -2.33. The first-order valence-electron chi connectivity index (χ1n) is 7.43. The Kier molecular flexibility index (Phi) is 4.22. The Labute approximate surface area is 129 Å². The van der Waals surface area contributed by atoms with Crippen molar-refractivity contribution < 1.29 is 14.6 Å². The molecule has 2 aromatic rings. The maximum atomic E-state index is 11.8. The van der Waals surface area contributed by atoms with Crippen molar-refractivity contribution >= 4 is 5.97 Å². The van der Waals surface area contributed by atoms with E-state index in [0.29, 0.717) is 0 Å². The van der Waals surface area contributed by atoms with Crippen LogP contribution in [0.1, 0.15) is 23.1 Å². The van der Waals surface area contributed by atoms with E-state index in [9.17, 15) is 4.79 Å². The molecule has 1 aliphatic rings. The summed E-state index contributed by atoms with van der Waals surface area (Å²) in [5, 5.41) is 8.81. The average molecular weight is 297 g/mol. The molecule has 1 unspecified atom stereocenters. The van der Waals surface area contributed by atoms with Crippen molar-refractivity contribution in [2.24, 2.45) is 5.73 Å². The van der Waals surface area contributed by atoms with Crippen LogP contribution in [-0.2, 0) is 22.6 Å². The largest absolute Gasteiger partial charge is 0.460 e. The standard InChI is InChI=1S/C18H19NO3/c19-17(8-9-20)18(21)22-11-13-5-3-7-15-14-6-2-1-4-12(14)10-16(13)15/h1-7,17,20H,8-11,19H2. The van der Waals surface area contributed by atoms with Gasteiger partial charge in [0.1, 0.15) is 12.6 Å². The molecule has 0 aliphatic heterocycles. The van der Waals surface area contributed by atoms with Gasteiger partial charge in [-0.2, -0.15) is 0 Å². The van der Waals surface area contributed by atoms with Crippen LogP contribution < -0.4 is 5.73 Å². The fourth-order valence-corrected chi connectivity index (χ4v) is 2.87. The highest BCUT2D eigenvalue weighted by molar-refractivity contribution is 5.78. The monoisotopic (exact) mass is 297 g/mol. The number of hydrogen-bond acceptors (Lipinski definition) is 4. The molecule has 4 nitrogen and oxygen atoms in total.